The topological polar surface area (TPSA) is 69.3 Å². The van der Waals surface area contributed by atoms with Gasteiger partial charge in [0, 0.05) is 21.9 Å². The van der Waals surface area contributed by atoms with Crippen molar-refractivity contribution in [2.45, 2.75) is 25.5 Å². The number of rotatable bonds is 2. The van der Waals surface area contributed by atoms with Gasteiger partial charge in [-0.25, -0.2) is 14.0 Å². The van der Waals surface area contributed by atoms with Gasteiger partial charge in [0.05, 0.1) is 16.7 Å². The van der Waals surface area contributed by atoms with Gasteiger partial charge < -0.3 is 9.84 Å². The normalized spacial score (nSPS) is 17.4. The minimum atomic E-state index is -1.03. The van der Waals surface area contributed by atoms with E-state index in [9.17, 15) is 9.90 Å². The fraction of sp³-hybridized carbons (Fsp3) is 0.238. The van der Waals surface area contributed by atoms with E-state index < -0.39 is 6.09 Å². The third kappa shape index (κ3) is 2.73. The number of aromatic nitrogens is 3. The van der Waals surface area contributed by atoms with Gasteiger partial charge >= 0.3 is 6.09 Å². The van der Waals surface area contributed by atoms with Crippen LogP contribution in [0.3, 0.4) is 0 Å². The summed E-state index contributed by atoms with van der Waals surface area (Å²) in [7, 11) is 0. The van der Waals surface area contributed by atoms with Crippen LogP contribution >= 0.6 is 15.9 Å². The van der Waals surface area contributed by atoms with Crippen molar-refractivity contribution >= 4 is 43.8 Å². The Hall–Kier alpha value is -2.64. The molecule has 0 radical (unpaired) electrons. The first kappa shape index (κ1) is 17.5. The molecule has 0 bridgehead atoms. The lowest BCUT2D eigenvalue weighted by Gasteiger charge is -2.23. The van der Waals surface area contributed by atoms with Gasteiger partial charge in [0.2, 0.25) is 0 Å². The number of para-hydroxylation sites is 1. The highest BCUT2D eigenvalue weighted by Crippen LogP contribution is 2.36. The SMILES string of the molecule is O=C(O)n1c(-c2nn(C3CCCCO3)c3ccc(Br)cc23)cc2ccccc21. The number of halogens is 1. The molecule has 3 heterocycles. The summed E-state index contributed by atoms with van der Waals surface area (Å²) >= 11 is 3.54. The van der Waals surface area contributed by atoms with Crippen molar-refractivity contribution < 1.29 is 14.6 Å². The lowest BCUT2D eigenvalue weighted by molar-refractivity contribution is -0.0365. The van der Waals surface area contributed by atoms with Crippen LogP contribution in [0.4, 0.5) is 4.79 Å². The van der Waals surface area contributed by atoms with E-state index in [1.54, 1.807) is 0 Å². The molecule has 1 saturated heterocycles. The Bertz CT molecular complexity index is 1200. The second kappa shape index (κ2) is 6.76. The number of fused-ring (bicyclic) bond motifs is 2. The monoisotopic (exact) mass is 439 g/mol. The summed E-state index contributed by atoms with van der Waals surface area (Å²) < 4.78 is 10.1. The van der Waals surface area contributed by atoms with E-state index in [2.05, 4.69) is 15.9 Å². The molecular formula is C21H18BrN3O3. The lowest BCUT2D eigenvalue weighted by Crippen LogP contribution is -2.19. The number of nitrogens with zero attached hydrogens (tertiary/aromatic N) is 3. The van der Waals surface area contributed by atoms with E-state index >= 15 is 0 Å². The maximum absolute atomic E-state index is 12.1. The van der Waals surface area contributed by atoms with E-state index in [0.717, 1.165) is 40.0 Å². The molecule has 0 amide bonds. The zero-order valence-electron chi connectivity index (χ0n) is 15.0. The highest BCUT2D eigenvalue weighted by atomic mass is 79.9. The summed E-state index contributed by atoms with van der Waals surface area (Å²) in [5, 5.41) is 16.5. The summed E-state index contributed by atoms with van der Waals surface area (Å²) in [6.07, 6.45) is 1.89. The highest BCUT2D eigenvalue weighted by Gasteiger charge is 2.25. The van der Waals surface area contributed by atoms with Gasteiger partial charge in [-0.2, -0.15) is 5.10 Å². The maximum Gasteiger partial charge on any atom is 0.416 e. The maximum atomic E-state index is 12.1. The van der Waals surface area contributed by atoms with Gasteiger partial charge in [-0.15, -0.1) is 0 Å². The average molecular weight is 440 g/mol. The first-order valence-corrected chi connectivity index (χ1v) is 10.1. The van der Waals surface area contributed by atoms with Crippen molar-refractivity contribution in [3.8, 4) is 11.4 Å². The van der Waals surface area contributed by atoms with Gasteiger partial charge in [-0.1, -0.05) is 34.1 Å². The fourth-order valence-corrected chi connectivity index (χ4v) is 4.33. The molecule has 4 aromatic rings. The van der Waals surface area contributed by atoms with Crippen molar-refractivity contribution in [2.75, 3.05) is 6.61 Å². The average Bonchev–Trinajstić information content (AvgIpc) is 3.26. The molecule has 2 aromatic carbocycles. The Labute approximate surface area is 169 Å². The third-order valence-electron chi connectivity index (χ3n) is 5.24. The smallest absolute Gasteiger partial charge is 0.416 e. The van der Waals surface area contributed by atoms with E-state index in [1.807, 2.05) is 53.2 Å². The first-order valence-electron chi connectivity index (χ1n) is 9.27. The molecule has 1 aliphatic heterocycles. The Morgan fingerprint density at radius 2 is 2.00 bits per heavy atom. The largest absolute Gasteiger partial charge is 0.464 e. The van der Waals surface area contributed by atoms with Crippen molar-refractivity contribution in [3.05, 3.63) is 53.0 Å². The molecule has 1 atom stereocenters. The zero-order chi connectivity index (χ0) is 19.3. The lowest BCUT2D eigenvalue weighted by atomic mass is 10.1. The first-order chi connectivity index (χ1) is 13.6. The van der Waals surface area contributed by atoms with Gasteiger partial charge in [-0.05, 0) is 49.6 Å². The highest BCUT2D eigenvalue weighted by molar-refractivity contribution is 9.10. The zero-order valence-corrected chi connectivity index (χ0v) is 16.6. The van der Waals surface area contributed by atoms with Crippen LogP contribution in [0.15, 0.2) is 53.0 Å². The van der Waals surface area contributed by atoms with Crippen molar-refractivity contribution in [1.82, 2.24) is 14.3 Å². The second-order valence-electron chi connectivity index (χ2n) is 6.98. The Morgan fingerprint density at radius 1 is 1.14 bits per heavy atom. The van der Waals surface area contributed by atoms with Gasteiger partial charge in [0.1, 0.15) is 5.69 Å². The van der Waals surface area contributed by atoms with Crippen LogP contribution in [-0.2, 0) is 4.74 Å². The Morgan fingerprint density at radius 3 is 2.79 bits per heavy atom. The summed E-state index contributed by atoms with van der Waals surface area (Å²) in [5.41, 5.74) is 2.79. The molecule has 2 aromatic heterocycles. The summed E-state index contributed by atoms with van der Waals surface area (Å²) in [6.45, 7) is 0.716. The third-order valence-corrected chi connectivity index (χ3v) is 5.73. The number of carbonyl (C=O) groups is 1. The summed E-state index contributed by atoms with van der Waals surface area (Å²) in [4.78, 5) is 12.1. The standard InChI is InChI=1S/C21H18BrN3O3/c22-14-8-9-17-15(12-14)20(23-25(17)19-7-3-4-10-28-19)18-11-13-5-1-2-6-16(13)24(18)21(26)27/h1-2,5-6,8-9,11-12,19H,3-4,7,10H2,(H,26,27). The van der Waals surface area contributed by atoms with Crippen LogP contribution in [0.1, 0.15) is 25.5 Å². The van der Waals surface area contributed by atoms with E-state index in [1.165, 1.54) is 4.57 Å². The molecule has 28 heavy (non-hydrogen) atoms. The van der Waals surface area contributed by atoms with Crippen LogP contribution in [0.5, 0.6) is 0 Å². The van der Waals surface area contributed by atoms with Crippen LogP contribution in [-0.4, -0.2) is 32.2 Å². The molecule has 5 rings (SSSR count). The minimum Gasteiger partial charge on any atom is -0.464 e. The molecule has 0 saturated carbocycles. The molecule has 7 heteroatoms. The number of hydrogen-bond donors (Lipinski definition) is 1. The van der Waals surface area contributed by atoms with Crippen molar-refractivity contribution in [2.24, 2.45) is 0 Å². The fourth-order valence-electron chi connectivity index (χ4n) is 3.97. The molecular weight excluding hydrogens is 422 g/mol. The van der Waals surface area contributed by atoms with Gasteiger partial charge in [0.25, 0.3) is 0 Å². The Balaban J connectivity index is 1.80. The number of ether oxygens (including phenoxy) is 1. The van der Waals surface area contributed by atoms with Crippen LogP contribution in [0, 0.1) is 0 Å². The van der Waals surface area contributed by atoms with Crippen LogP contribution in [0.2, 0.25) is 0 Å². The molecule has 0 aliphatic carbocycles. The second-order valence-corrected chi connectivity index (χ2v) is 7.90. The van der Waals surface area contributed by atoms with E-state index in [0.29, 0.717) is 23.5 Å². The van der Waals surface area contributed by atoms with E-state index in [-0.39, 0.29) is 6.23 Å². The molecule has 1 aliphatic rings. The quantitative estimate of drug-likeness (QED) is 0.438. The molecule has 1 fully saturated rings. The predicted molar refractivity (Wildman–Crippen MR) is 111 cm³/mol. The molecule has 6 nitrogen and oxygen atoms in total. The van der Waals surface area contributed by atoms with Crippen LogP contribution < -0.4 is 0 Å². The molecule has 142 valence electrons. The van der Waals surface area contributed by atoms with E-state index in [4.69, 9.17) is 9.84 Å². The molecule has 1 unspecified atom stereocenters. The number of hydrogen-bond acceptors (Lipinski definition) is 3. The summed E-state index contributed by atoms with van der Waals surface area (Å²) in [5.74, 6) is 0. The van der Waals surface area contributed by atoms with Crippen molar-refractivity contribution in [3.63, 3.8) is 0 Å². The van der Waals surface area contributed by atoms with Gasteiger partial charge in [0.15, 0.2) is 6.23 Å². The van der Waals surface area contributed by atoms with Crippen molar-refractivity contribution in [1.29, 1.82) is 0 Å². The van der Waals surface area contributed by atoms with Gasteiger partial charge in [-0.3, -0.25) is 0 Å². The minimum absolute atomic E-state index is 0.131. The number of benzene rings is 2. The van der Waals surface area contributed by atoms with Crippen LogP contribution in [0.25, 0.3) is 33.2 Å². The molecule has 0 spiro atoms. The molecule has 1 N–H and O–H groups in total. The number of carboxylic acid groups (broad SMARTS) is 1. The Kier molecular flexibility index (Phi) is 4.21. The summed E-state index contributed by atoms with van der Waals surface area (Å²) in [6, 6.07) is 15.3. The predicted octanol–water partition coefficient (Wildman–Crippen LogP) is 5.65.